The molecule has 0 heterocycles. The molecule has 0 saturated carbocycles. The van der Waals surface area contributed by atoms with Crippen molar-refractivity contribution >= 4 is 38.9 Å². The molecule has 0 spiro atoms. The topological polar surface area (TPSA) is 75.7 Å². The molecule has 6 nitrogen and oxygen atoms in total. The molecule has 0 bridgehead atoms. The lowest BCUT2D eigenvalue weighted by Crippen LogP contribution is -2.38. The number of halogens is 1. The summed E-state index contributed by atoms with van der Waals surface area (Å²) < 4.78 is 33.5. The lowest BCUT2D eigenvalue weighted by Gasteiger charge is -2.26. The fourth-order valence-corrected chi connectivity index (χ4v) is 4.78. The fraction of sp³-hybridized carbons (Fsp3) is 0.208. The van der Waals surface area contributed by atoms with E-state index in [1.165, 1.54) is 12.1 Å². The van der Waals surface area contributed by atoms with E-state index in [0.717, 1.165) is 9.87 Å². The molecule has 3 aromatic rings. The summed E-state index contributed by atoms with van der Waals surface area (Å²) in [5.74, 6) is 0.202. The van der Waals surface area contributed by atoms with Gasteiger partial charge in [-0.05, 0) is 74.9 Å². The molecule has 0 radical (unpaired) electrons. The van der Waals surface area contributed by atoms with Gasteiger partial charge in [-0.25, -0.2) is 8.42 Å². The van der Waals surface area contributed by atoms with Crippen LogP contribution in [0.1, 0.15) is 18.1 Å². The van der Waals surface area contributed by atoms with Crippen LogP contribution in [0.5, 0.6) is 5.75 Å². The zero-order valence-corrected chi connectivity index (χ0v) is 19.7. The molecule has 0 aliphatic carbocycles. The van der Waals surface area contributed by atoms with Crippen molar-refractivity contribution in [1.82, 2.24) is 0 Å². The van der Waals surface area contributed by atoms with E-state index in [0.29, 0.717) is 34.3 Å². The van der Waals surface area contributed by atoms with Gasteiger partial charge in [0.15, 0.2) is 0 Å². The molecule has 0 aliphatic heterocycles. The summed E-state index contributed by atoms with van der Waals surface area (Å²) in [5.41, 5.74) is 2.38. The Morgan fingerprint density at radius 1 is 1.00 bits per heavy atom. The third-order valence-corrected chi connectivity index (χ3v) is 7.04. The van der Waals surface area contributed by atoms with Gasteiger partial charge in [-0.3, -0.25) is 9.10 Å². The molecule has 0 fully saturated rings. The first kappa shape index (κ1) is 23.6. The molecule has 8 heteroatoms. The summed E-state index contributed by atoms with van der Waals surface area (Å²) >= 11 is 6.25. The maximum Gasteiger partial charge on any atom is 0.264 e. The van der Waals surface area contributed by atoms with Crippen molar-refractivity contribution in [3.63, 3.8) is 0 Å². The van der Waals surface area contributed by atoms with E-state index in [1.807, 2.05) is 13.8 Å². The number of hydrogen-bond acceptors (Lipinski definition) is 4. The Morgan fingerprint density at radius 3 is 2.28 bits per heavy atom. The number of hydrogen-bond donors (Lipinski definition) is 1. The maximum atomic E-state index is 13.5. The lowest BCUT2D eigenvalue weighted by molar-refractivity contribution is -0.114. The van der Waals surface area contributed by atoms with E-state index in [1.54, 1.807) is 61.5 Å². The van der Waals surface area contributed by atoms with Crippen LogP contribution in [0, 0.1) is 13.8 Å². The van der Waals surface area contributed by atoms with Gasteiger partial charge in [0, 0.05) is 10.7 Å². The highest BCUT2D eigenvalue weighted by Crippen LogP contribution is 2.31. The molecule has 0 unspecified atom stereocenters. The van der Waals surface area contributed by atoms with Gasteiger partial charge in [-0.1, -0.05) is 35.4 Å². The zero-order valence-electron chi connectivity index (χ0n) is 18.1. The smallest absolute Gasteiger partial charge is 0.264 e. The molecule has 0 atom stereocenters. The zero-order chi connectivity index (χ0) is 23.3. The van der Waals surface area contributed by atoms with Crippen LogP contribution in [-0.4, -0.2) is 27.5 Å². The average Bonchev–Trinajstić information content (AvgIpc) is 2.76. The number of sulfonamides is 1. The Balaban J connectivity index is 1.93. The number of nitrogens with one attached hydrogen (secondary N) is 1. The molecule has 0 aromatic heterocycles. The fourth-order valence-electron chi connectivity index (χ4n) is 3.14. The summed E-state index contributed by atoms with van der Waals surface area (Å²) in [5, 5.41) is 3.16. The Bertz CT molecular complexity index is 1190. The number of carbonyl (C=O) groups excluding carboxylic acids is 1. The number of aryl methyl sites for hydroxylation is 1. The Morgan fingerprint density at radius 2 is 1.66 bits per heavy atom. The summed E-state index contributed by atoms with van der Waals surface area (Å²) in [6, 6.07) is 18.3. The number of anilines is 2. The van der Waals surface area contributed by atoms with Crippen molar-refractivity contribution in [3.8, 4) is 5.75 Å². The van der Waals surface area contributed by atoms with Gasteiger partial charge in [0.1, 0.15) is 12.3 Å². The molecular weight excluding hydrogens is 448 g/mol. The highest BCUT2D eigenvalue weighted by Gasteiger charge is 2.28. The van der Waals surface area contributed by atoms with Gasteiger partial charge in [-0.2, -0.15) is 0 Å². The quantitative estimate of drug-likeness (QED) is 0.489. The monoisotopic (exact) mass is 472 g/mol. The third-order valence-electron chi connectivity index (χ3n) is 4.85. The molecule has 0 saturated heterocycles. The van der Waals surface area contributed by atoms with Crippen LogP contribution in [0.3, 0.4) is 0 Å². The van der Waals surface area contributed by atoms with Crippen molar-refractivity contribution in [2.75, 3.05) is 22.8 Å². The van der Waals surface area contributed by atoms with E-state index in [4.69, 9.17) is 16.3 Å². The largest absolute Gasteiger partial charge is 0.494 e. The summed E-state index contributed by atoms with van der Waals surface area (Å²) in [6.45, 7) is 5.61. The second-order valence-electron chi connectivity index (χ2n) is 7.21. The first-order chi connectivity index (χ1) is 15.2. The van der Waals surface area contributed by atoms with Gasteiger partial charge in [-0.15, -0.1) is 0 Å². The van der Waals surface area contributed by atoms with Gasteiger partial charge >= 0.3 is 0 Å². The predicted molar refractivity (Wildman–Crippen MR) is 128 cm³/mol. The van der Waals surface area contributed by atoms with Gasteiger partial charge < -0.3 is 10.1 Å². The van der Waals surface area contributed by atoms with Crippen LogP contribution in [0.2, 0.25) is 5.02 Å². The highest BCUT2D eigenvalue weighted by atomic mass is 35.5. The van der Waals surface area contributed by atoms with Crippen LogP contribution in [0.4, 0.5) is 11.4 Å². The van der Waals surface area contributed by atoms with E-state index in [-0.39, 0.29) is 4.90 Å². The summed E-state index contributed by atoms with van der Waals surface area (Å²) in [4.78, 5) is 12.9. The number of benzene rings is 3. The third kappa shape index (κ3) is 5.41. The molecule has 3 rings (SSSR count). The molecule has 168 valence electrons. The second kappa shape index (κ2) is 10.1. The standard InChI is InChI=1S/C24H25ClN2O4S/c1-4-31-20-12-10-19(11-13-20)26-24(28)16-27(23-7-5-6-22(25)18(23)3)32(29,30)21-14-8-17(2)9-15-21/h5-15H,4,16H2,1-3H3,(H,26,28). The van der Waals surface area contributed by atoms with E-state index < -0.39 is 22.5 Å². The normalized spacial score (nSPS) is 11.1. The van der Waals surface area contributed by atoms with Crippen molar-refractivity contribution in [1.29, 1.82) is 0 Å². The minimum absolute atomic E-state index is 0.0938. The Labute approximate surface area is 193 Å². The lowest BCUT2D eigenvalue weighted by atomic mass is 10.2. The Hall–Kier alpha value is -3.03. The second-order valence-corrected chi connectivity index (χ2v) is 9.48. The molecule has 0 aliphatic rings. The van der Waals surface area contributed by atoms with Gasteiger partial charge in [0.2, 0.25) is 5.91 Å². The predicted octanol–water partition coefficient (Wildman–Crippen LogP) is 5.19. The van der Waals surface area contributed by atoms with E-state index in [9.17, 15) is 13.2 Å². The molecular formula is C24H25ClN2O4S. The number of ether oxygens (including phenoxy) is 1. The summed E-state index contributed by atoms with van der Waals surface area (Å²) in [7, 11) is -4.02. The first-order valence-electron chi connectivity index (χ1n) is 10.1. The average molecular weight is 473 g/mol. The first-order valence-corrected chi connectivity index (χ1v) is 11.9. The number of nitrogens with zero attached hydrogens (tertiary/aromatic N) is 1. The van der Waals surface area contributed by atoms with Gasteiger partial charge in [0.25, 0.3) is 10.0 Å². The van der Waals surface area contributed by atoms with Crippen molar-refractivity contribution in [2.24, 2.45) is 0 Å². The minimum Gasteiger partial charge on any atom is -0.494 e. The van der Waals surface area contributed by atoms with E-state index in [2.05, 4.69) is 5.32 Å². The van der Waals surface area contributed by atoms with E-state index >= 15 is 0 Å². The number of amides is 1. The molecule has 32 heavy (non-hydrogen) atoms. The number of rotatable bonds is 8. The SMILES string of the molecule is CCOc1ccc(NC(=O)CN(c2cccc(Cl)c2C)S(=O)(=O)c2ccc(C)cc2)cc1. The Kier molecular flexibility index (Phi) is 7.43. The van der Waals surface area contributed by atoms with Crippen molar-refractivity contribution < 1.29 is 17.9 Å². The summed E-state index contributed by atoms with van der Waals surface area (Å²) in [6.07, 6.45) is 0. The van der Waals surface area contributed by atoms with Crippen LogP contribution >= 0.6 is 11.6 Å². The molecule has 1 amide bonds. The highest BCUT2D eigenvalue weighted by molar-refractivity contribution is 7.92. The van der Waals surface area contributed by atoms with Crippen molar-refractivity contribution in [3.05, 3.63) is 82.9 Å². The van der Waals surface area contributed by atoms with Crippen LogP contribution < -0.4 is 14.4 Å². The molecule has 1 N–H and O–H groups in total. The number of carbonyl (C=O) groups is 1. The van der Waals surface area contributed by atoms with Crippen LogP contribution in [0.15, 0.2) is 71.6 Å². The van der Waals surface area contributed by atoms with Crippen molar-refractivity contribution in [2.45, 2.75) is 25.7 Å². The van der Waals surface area contributed by atoms with Crippen LogP contribution in [0.25, 0.3) is 0 Å². The maximum absolute atomic E-state index is 13.5. The molecule has 3 aromatic carbocycles. The minimum atomic E-state index is -4.02. The van der Waals surface area contributed by atoms with Crippen LogP contribution in [-0.2, 0) is 14.8 Å². The van der Waals surface area contributed by atoms with Gasteiger partial charge in [0.05, 0.1) is 17.2 Å².